The van der Waals surface area contributed by atoms with E-state index in [9.17, 15) is 9.59 Å². The van der Waals surface area contributed by atoms with Crippen molar-refractivity contribution in [1.82, 2.24) is 4.90 Å². The number of hydrogen-bond acceptors (Lipinski definition) is 3. The van der Waals surface area contributed by atoms with Gasteiger partial charge in [-0.05, 0) is 18.3 Å². The van der Waals surface area contributed by atoms with Gasteiger partial charge in [-0.15, -0.1) is 0 Å². The first kappa shape index (κ1) is 14.0. The van der Waals surface area contributed by atoms with Crippen LogP contribution in [-0.4, -0.2) is 40.5 Å². The highest BCUT2D eigenvalue weighted by Gasteiger charge is 2.38. The summed E-state index contributed by atoms with van der Waals surface area (Å²) in [5.74, 6) is -1.01. The van der Waals surface area contributed by atoms with Crippen molar-refractivity contribution in [2.24, 2.45) is 11.1 Å². The van der Waals surface area contributed by atoms with Gasteiger partial charge in [0.05, 0.1) is 12.5 Å². The van der Waals surface area contributed by atoms with E-state index in [1.807, 2.05) is 20.8 Å². The summed E-state index contributed by atoms with van der Waals surface area (Å²) in [6.45, 7) is 6.01. The minimum absolute atomic E-state index is 0.0148. The van der Waals surface area contributed by atoms with Crippen LogP contribution in [0.15, 0.2) is 0 Å². The molecule has 0 heterocycles. The van der Waals surface area contributed by atoms with Crippen LogP contribution in [0.2, 0.25) is 0 Å². The number of carboxylic acid groups (broad SMARTS) is 1. The van der Waals surface area contributed by atoms with Crippen LogP contribution in [0, 0.1) is 5.41 Å². The molecule has 5 heteroatoms. The molecule has 0 spiro atoms. The smallest absolute Gasteiger partial charge is 0.305 e. The second-order valence-electron chi connectivity index (χ2n) is 5.75. The van der Waals surface area contributed by atoms with E-state index in [0.717, 1.165) is 12.8 Å². The summed E-state index contributed by atoms with van der Waals surface area (Å²) >= 11 is 0. The Labute approximate surface area is 102 Å². The highest BCUT2D eigenvalue weighted by atomic mass is 16.4. The quantitative estimate of drug-likeness (QED) is 0.747. The summed E-state index contributed by atoms with van der Waals surface area (Å²) in [6, 6.07) is -0.368. The molecule has 1 saturated carbocycles. The molecule has 1 aliphatic carbocycles. The van der Waals surface area contributed by atoms with Crippen molar-refractivity contribution in [3.8, 4) is 0 Å². The summed E-state index contributed by atoms with van der Waals surface area (Å²) in [4.78, 5) is 24.4. The van der Waals surface area contributed by atoms with Crippen LogP contribution < -0.4 is 5.73 Å². The SMILES string of the molecule is CC(C)(C)C(N)C(=O)N(CCC(=O)O)C1CC1. The Balaban J connectivity index is 2.64. The van der Waals surface area contributed by atoms with Crippen LogP contribution in [0.5, 0.6) is 0 Å². The van der Waals surface area contributed by atoms with Crippen molar-refractivity contribution in [1.29, 1.82) is 0 Å². The average Bonchev–Trinajstić information content (AvgIpc) is 2.98. The Hall–Kier alpha value is -1.10. The van der Waals surface area contributed by atoms with Crippen LogP contribution in [0.25, 0.3) is 0 Å². The molecule has 0 aromatic rings. The Morgan fingerprint density at radius 1 is 1.41 bits per heavy atom. The number of rotatable bonds is 5. The van der Waals surface area contributed by atoms with Crippen molar-refractivity contribution in [2.75, 3.05) is 6.54 Å². The van der Waals surface area contributed by atoms with E-state index in [4.69, 9.17) is 10.8 Å². The predicted molar refractivity (Wildman–Crippen MR) is 64.4 cm³/mol. The van der Waals surface area contributed by atoms with Crippen LogP contribution in [0.4, 0.5) is 0 Å². The summed E-state index contributed by atoms with van der Waals surface area (Å²) in [5.41, 5.74) is 5.63. The third-order valence-corrected chi connectivity index (χ3v) is 3.04. The molecular formula is C12H22N2O3. The van der Waals surface area contributed by atoms with Gasteiger partial charge in [0.15, 0.2) is 0 Å². The zero-order chi connectivity index (χ0) is 13.2. The van der Waals surface area contributed by atoms with Gasteiger partial charge in [0, 0.05) is 12.6 Å². The maximum atomic E-state index is 12.2. The first-order valence-corrected chi connectivity index (χ1v) is 6.01. The minimum Gasteiger partial charge on any atom is -0.481 e. The Morgan fingerprint density at radius 3 is 2.29 bits per heavy atom. The molecule has 1 atom stereocenters. The molecular weight excluding hydrogens is 220 g/mol. The summed E-state index contributed by atoms with van der Waals surface area (Å²) < 4.78 is 0. The van der Waals surface area contributed by atoms with Crippen LogP contribution in [-0.2, 0) is 9.59 Å². The van der Waals surface area contributed by atoms with Gasteiger partial charge in [0.1, 0.15) is 0 Å². The zero-order valence-corrected chi connectivity index (χ0v) is 10.8. The molecule has 5 nitrogen and oxygen atoms in total. The molecule has 0 aromatic heterocycles. The van der Waals surface area contributed by atoms with E-state index < -0.39 is 12.0 Å². The lowest BCUT2D eigenvalue weighted by Gasteiger charge is -2.32. The van der Waals surface area contributed by atoms with E-state index in [2.05, 4.69) is 0 Å². The molecule has 1 fully saturated rings. The second-order valence-corrected chi connectivity index (χ2v) is 5.75. The lowest BCUT2D eigenvalue weighted by molar-refractivity contribution is -0.139. The maximum Gasteiger partial charge on any atom is 0.305 e. The number of carbonyl (C=O) groups is 2. The first-order valence-electron chi connectivity index (χ1n) is 6.01. The van der Waals surface area contributed by atoms with Gasteiger partial charge in [-0.25, -0.2) is 0 Å². The van der Waals surface area contributed by atoms with E-state index >= 15 is 0 Å². The van der Waals surface area contributed by atoms with E-state index in [0.29, 0.717) is 0 Å². The molecule has 0 saturated heterocycles. The van der Waals surface area contributed by atoms with Crippen LogP contribution in [0.3, 0.4) is 0 Å². The molecule has 0 bridgehead atoms. The molecule has 1 amide bonds. The van der Waals surface area contributed by atoms with Crippen LogP contribution in [0.1, 0.15) is 40.0 Å². The molecule has 0 aromatic carbocycles. The predicted octanol–water partition coefficient (Wildman–Crippen LogP) is 0.826. The van der Waals surface area contributed by atoms with Crippen molar-refractivity contribution < 1.29 is 14.7 Å². The minimum atomic E-state index is -0.882. The number of nitrogens with zero attached hydrogens (tertiary/aromatic N) is 1. The fraction of sp³-hybridized carbons (Fsp3) is 0.833. The number of amides is 1. The van der Waals surface area contributed by atoms with Gasteiger partial charge in [-0.3, -0.25) is 9.59 Å². The van der Waals surface area contributed by atoms with Gasteiger partial charge in [0.25, 0.3) is 0 Å². The number of aliphatic carboxylic acids is 1. The lowest BCUT2D eigenvalue weighted by atomic mass is 9.86. The molecule has 1 unspecified atom stereocenters. The van der Waals surface area contributed by atoms with E-state index in [-0.39, 0.29) is 30.3 Å². The molecule has 3 N–H and O–H groups in total. The Kier molecular flexibility index (Phi) is 4.14. The monoisotopic (exact) mass is 242 g/mol. The number of carboxylic acids is 1. The highest BCUT2D eigenvalue weighted by molar-refractivity contribution is 5.83. The summed E-state index contributed by atoms with van der Waals surface area (Å²) in [6.07, 6.45) is 1.91. The van der Waals surface area contributed by atoms with Crippen molar-refractivity contribution >= 4 is 11.9 Å². The van der Waals surface area contributed by atoms with Gasteiger partial charge in [0.2, 0.25) is 5.91 Å². The van der Waals surface area contributed by atoms with Crippen molar-refractivity contribution in [3.05, 3.63) is 0 Å². The van der Waals surface area contributed by atoms with Crippen molar-refractivity contribution in [3.63, 3.8) is 0 Å². The third kappa shape index (κ3) is 4.00. The first-order chi connectivity index (χ1) is 7.73. The topological polar surface area (TPSA) is 83.6 Å². The van der Waals surface area contributed by atoms with E-state index in [1.54, 1.807) is 4.90 Å². The highest BCUT2D eigenvalue weighted by Crippen LogP contribution is 2.29. The lowest BCUT2D eigenvalue weighted by Crippen LogP contribution is -2.51. The average molecular weight is 242 g/mol. The standard InChI is InChI=1S/C12H22N2O3/c1-12(2,3)10(13)11(17)14(8-4-5-8)7-6-9(15)16/h8,10H,4-7,13H2,1-3H3,(H,15,16). The van der Waals surface area contributed by atoms with Gasteiger partial charge >= 0.3 is 5.97 Å². The summed E-state index contributed by atoms with van der Waals surface area (Å²) in [7, 11) is 0. The fourth-order valence-corrected chi connectivity index (χ4v) is 1.62. The molecule has 0 aliphatic heterocycles. The second kappa shape index (κ2) is 5.04. The molecule has 1 rings (SSSR count). The molecule has 0 radical (unpaired) electrons. The van der Waals surface area contributed by atoms with Crippen molar-refractivity contribution in [2.45, 2.75) is 52.1 Å². The Morgan fingerprint density at radius 2 is 1.94 bits per heavy atom. The third-order valence-electron chi connectivity index (χ3n) is 3.04. The molecule has 17 heavy (non-hydrogen) atoms. The van der Waals surface area contributed by atoms with Gasteiger partial charge < -0.3 is 15.7 Å². The zero-order valence-electron chi connectivity index (χ0n) is 10.8. The Bertz CT molecular complexity index is 305. The number of hydrogen-bond donors (Lipinski definition) is 2. The summed E-state index contributed by atoms with van der Waals surface area (Å²) in [5, 5.41) is 8.68. The molecule has 1 aliphatic rings. The van der Waals surface area contributed by atoms with Gasteiger partial charge in [-0.1, -0.05) is 20.8 Å². The largest absolute Gasteiger partial charge is 0.481 e. The van der Waals surface area contributed by atoms with Gasteiger partial charge in [-0.2, -0.15) is 0 Å². The fourth-order valence-electron chi connectivity index (χ4n) is 1.62. The number of carbonyl (C=O) groups excluding carboxylic acids is 1. The van der Waals surface area contributed by atoms with E-state index in [1.165, 1.54) is 0 Å². The number of nitrogens with two attached hydrogens (primary N) is 1. The molecule has 98 valence electrons. The normalized spacial score (nSPS) is 17.6. The van der Waals surface area contributed by atoms with Crippen LogP contribution >= 0.6 is 0 Å². The maximum absolute atomic E-state index is 12.2.